The highest BCUT2D eigenvalue weighted by molar-refractivity contribution is 5.94. The van der Waals surface area contributed by atoms with Gasteiger partial charge in [0.25, 0.3) is 5.91 Å². The lowest BCUT2D eigenvalue weighted by Gasteiger charge is -2.33. The van der Waals surface area contributed by atoms with E-state index in [1.54, 1.807) is 0 Å². The molecule has 28 heavy (non-hydrogen) atoms. The van der Waals surface area contributed by atoms with Gasteiger partial charge in [0.1, 0.15) is 0 Å². The van der Waals surface area contributed by atoms with Crippen molar-refractivity contribution in [1.82, 2.24) is 10.2 Å². The van der Waals surface area contributed by atoms with Gasteiger partial charge in [0.15, 0.2) is 0 Å². The fourth-order valence-corrected chi connectivity index (χ4v) is 3.74. The molecule has 0 aliphatic carbocycles. The molecule has 2 aromatic carbocycles. The van der Waals surface area contributed by atoms with E-state index in [4.69, 9.17) is 0 Å². The first-order valence-electron chi connectivity index (χ1n) is 10.0. The number of benzene rings is 2. The lowest BCUT2D eigenvalue weighted by atomic mass is 10.0. The average molecular weight is 382 g/mol. The Bertz CT molecular complexity index is 761. The summed E-state index contributed by atoms with van der Waals surface area (Å²) in [6, 6.07) is 18.6. The van der Waals surface area contributed by atoms with Crippen LogP contribution in [0.1, 0.15) is 42.2 Å². The molecule has 0 bridgehead atoms. The van der Waals surface area contributed by atoms with Crippen molar-refractivity contribution in [3.63, 3.8) is 0 Å². The van der Waals surface area contributed by atoms with Crippen molar-refractivity contribution in [1.29, 1.82) is 0 Å². The summed E-state index contributed by atoms with van der Waals surface area (Å²) in [5.41, 5.74) is 3.01. The molecule has 1 fully saturated rings. The van der Waals surface area contributed by atoms with E-state index in [-0.39, 0.29) is 24.1 Å². The minimum atomic E-state index is -0.240. The number of nitrogens with one attached hydrogen (secondary N) is 1. The summed E-state index contributed by atoms with van der Waals surface area (Å²) >= 11 is 0. The Balaban J connectivity index is 1.73. The molecule has 1 amide bonds. The topological polar surface area (TPSA) is 55.8 Å². The monoisotopic (exact) mass is 381 g/mol. The highest BCUT2D eigenvalue weighted by Crippen LogP contribution is 2.27. The molecule has 3 rings (SSSR count). The number of hydrogen-bond acceptors (Lipinski definition) is 4. The van der Waals surface area contributed by atoms with Crippen molar-refractivity contribution in [2.45, 2.75) is 38.5 Å². The third-order valence-electron chi connectivity index (χ3n) is 5.26. The average Bonchev–Trinajstić information content (AvgIpc) is 3.12. The summed E-state index contributed by atoms with van der Waals surface area (Å²) in [5.74, 6) is -0.0441. The SMILES string of the molecule is CC(C)NC(=O)c1ccc(N(C)C[C@@H](c2ccccc2)N2CC[C@H](O)C2)cc1. The van der Waals surface area contributed by atoms with Gasteiger partial charge < -0.3 is 15.3 Å². The van der Waals surface area contributed by atoms with E-state index in [0.29, 0.717) is 12.1 Å². The Hall–Kier alpha value is -2.37. The van der Waals surface area contributed by atoms with Crippen LogP contribution in [0.5, 0.6) is 0 Å². The van der Waals surface area contributed by atoms with Crippen LogP contribution < -0.4 is 10.2 Å². The van der Waals surface area contributed by atoms with Crippen LogP contribution in [0.4, 0.5) is 5.69 Å². The molecular formula is C23H31N3O2. The van der Waals surface area contributed by atoms with E-state index in [0.717, 1.165) is 25.2 Å². The Morgan fingerprint density at radius 1 is 1.18 bits per heavy atom. The van der Waals surface area contributed by atoms with Gasteiger partial charge in [-0.2, -0.15) is 0 Å². The molecule has 2 N–H and O–H groups in total. The molecule has 0 unspecified atom stereocenters. The molecule has 1 heterocycles. The van der Waals surface area contributed by atoms with Gasteiger partial charge >= 0.3 is 0 Å². The Kier molecular flexibility index (Phi) is 6.70. The predicted octanol–water partition coefficient (Wildman–Crippen LogP) is 3.07. The van der Waals surface area contributed by atoms with E-state index in [9.17, 15) is 9.90 Å². The number of hydrogen-bond donors (Lipinski definition) is 2. The fourth-order valence-electron chi connectivity index (χ4n) is 3.74. The molecule has 0 radical (unpaired) electrons. The van der Waals surface area contributed by atoms with Crippen molar-refractivity contribution in [3.8, 4) is 0 Å². The summed E-state index contributed by atoms with van der Waals surface area (Å²) in [5, 5.41) is 12.9. The number of aliphatic hydroxyl groups excluding tert-OH is 1. The Labute approximate surface area is 168 Å². The first kappa shape index (κ1) is 20.4. The number of rotatable bonds is 7. The predicted molar refractivity (Wildman–Crippen MR) is 114 cm³/mol. The molecule has 0 aromatic heterocycles. The second-order valence-electron chi connectivity index (χ2n) is 7.92. The smallest absolute Gasteiger partial charge is 0.251 e. The van der Waals surface area contributed by atoms with Crippen LogP contribution in [0.15, 0.2) is 54.6 Å². The number of carbonyl (C=O) groups is 1. The molecule has 1 aliphatic rings. The zero-order valence-corrected chi connectivity index (χ0v) is 17.0. The van der Waals surface area contributed by atoms with Gasteiger partial charge in [0, 0.05) is 44.0 Å². The maximum atomic E-state index is 12.1. The van der Waals surface area contributed by atoms with Gasteiger partial charge in [-0.05, 0) is 50.1 Å². The molecule has 0 spiro atoms. The van der Waals surface area contributed by atoms with Crippen LogP contribution in [-0.2, 0) is 0 Å². The number of likely N-dealkylation sites (N-methyl/N-ethyl adjacent to an activating group) is 1. The van der Waals surface area contributed by atoms with Gasteiger partial charge in [0.05, 0.1) is 12.1 Å². The quantitative estimate of drug-likeness (QED) is 0.774. The maximum absolute atomic E-state index is 12.1. The first-order valence-corrected chi connectivity index (χ1v) is 10.0. The Morgan fingerprint density at radius 3 is 2.43 bits per heavy atom. The molecule has 0 saturated carbocycles. The first-order chi connectivity index (χ1) is 13.4. The molecule has 2 aromatic rings. The van der Waals surface area contributed by atoms with Crippen molar-refractivity contribution in [3.05, 3.63) is 65.7 Å². The molecule has 1 aliphatic heterocycles. The van der Waals surface area contributed by atoms with Crippen molar-refractivity contribution in [2.75, 3.05) is 31.6 Å². The zero-order valence-electron chi connectivity index (χ0n) is 17.0. The molecule has 5 nitrogen and oxygen atoms in total. The fraction of sp³-hybridized carbons (Fsp3) is 0.435. The van der Waals surface area contributed by atoms with E-state index in [1.165, 1.54) is 5.56 Å². The summed E-state index contributed by atoms with van der Waals surface area (Å²) in [6.45, 7) is 6.34. The van der Waals surface area contributed by atoms with E-state index >= 15 is 0 Å². The van der Waals surface area contributed by atoms with Crippen LogP contribution in [0, 0.1) is 0 Å². The molecule has 5 heteroatoms. The summed E-state index contributed by atoms with van der Waals surface area (Å²) in [7, 11) is 2.08. The number of aliphatic hydroxyl groups is 1. The minimum Gasteiger partial charge on any atom is -0.392 e. The second kappa shape index (κ2) is 9.22. The van der Waals surface area contributed by atoms with Crippen LogP contribution >= 0.6 is 0 Å². The molecular weight excluding hydrogens is 350 g/mol. The van der Waals surface area contributed by atoms with Gasteiger partial charge in [-0.25, -0.2) is 0 Å². The summed E-state index contributed by atoms with van der Waals surface area (Å²) in [4.78, 5) is 16.7. The van der Waals surface area contributed by atoms with Crippen molar-refractivity contribution < 1.29 is 9.90 Å². The number of likely N-dealkylation sites (tertiary alicyclic amines) is 1. The van der Waals surface area contributed by atoms with Crippen LogP contribution in [0.25, 0.3) is 0 Å². The van der Waals surface area contributed by atoms with Crippen LogP contribution in [0.2, 0.25) is 0 Å². The summed E-state index contributed by atoms with van der Waals surface area (Å²) in [6.07, 6.45) is 0.586. The van der Waals surface area contributed by atoms with Crippen LogP contribution in [-0.4, -0.2) is 54.7 Å². The molecule has 150 valence electrons. The Morgan fingerprint density at radius 2 is 1.86 bits per heavy atom. The third-order valence-corrected chi connectivity index (χ3v) is 5.26. The second-order valence-corrected chi connectivity index (χ2v) is 7.92. The third kappa shape index (κ3) is 5.12. The van der Waals surface area contributed by atoms with E-state index in [1.807, 2.05) is 44.2 Å². The van der Waals surface area contributed by atoms with E-state index in [2.05, 4.69) is 46.4 Å². The van der Waals surface area contributed by atoms with Gasteiger partial charge in [-0.1, -0.05) is 30.3 Å². The van der Waals surface area contributed by atoms with Gasteiger partial charge in [-0.3, -0.25) is 9.69 Å². The summed E-state index contributed by atoms with van der Waals surface area (Å²) < 4.78 is 0. The number of nitrogens with zero attached hydrogens (tertiary/aromatic N) is 2. The van der Waals surface area contributed by atoms with Crippen molar-refractivity contribution >= 4 is 11.6 Å². The standard InChI is InChI=1S/C23H31N3O2/c1-17(2)24-23(28)19-9-11-20(12-10-19)25(3)16-22(18-7-5-4-6-8-18)26-14-13-21(27)15-26/h4-12,17,21-22,27H,13-16H2,1-3H3,(H,24,28)/t21-,22-/m0/s1. The van der Waals surface area contributed by atoms with Gasteiger partial charge in [0.2, 0.25) is 0 Å². The number of carbonyl (C=O) groups excluding carboxylic acids is 1. The van der Waals surface area contributed by atoms with Gasteiger partial charge in [-0.15, -0.1) is 0 Å². The van der Waals surface area contributed by atoms with Crippen LogP contribution in [0.3, 0.4) is 0 Å². The lowest BCUT2D eigenvalue weighted by molar-refractivity contribution is 0.0943. The lowest BCUT2D eigenvalue weighted by Crippen LogP contribution is -2.36. The largest absolute Gasteiger partial charge is 0.392 e. The van der Waals surface area contributed by atoms with Crippen molar-refractivity contribution in [2.24, 2.45) is 0 Å². The minimum absolute atomic E-state index is 0.0441. The molecule has 1 saturated heterocycles. The zero-order chi connectivity index (χ0) is 20.1. The molecule has 2 atom stereocenters. The highest BCUT2D eigenvalue weighted by Gasteiger charge is 2.29. The highest BCUT2D eigenvalue weighted by atomic mass is 16.3. The number of anilines is 1. The van der Waals surface area contributed by atoms with E-state index < -0.39 is 0 Å². The normalized spacial score (nSPS) is 18.2. The number of β-amino-alcohol motifs (C(OH)–C–C–N with tert-alkyl or cyclic N) is 1. The number of amides is 1. The maximum Gasteiger partial charge on any atom is 0.251 e.